The van der Waals surface area contributed by atoms with Gasteiger partial charge in [-0.2, -0.15) is 0 Å². The molecule has 0 bridgehead atoms. The van der Waals surface area contributed by atoms with Gasteiger partial charge in [0.15, 0.2) is 0 Å². The van der Waals surface area contributed by atoms with Gasteiger partial charge in [0.05, 0.1) is 0 Å². The lowest BCUT2D eigenvalue weighted by atomic mass is 9.74. The molecule has 0 aromatic heterocycles. The van der Waals surface area contributed by atoms with Crippen molar-refractivity contribution in [3.63, 3.8) is 0 Å². The molecule has 0 spiro atoms. The molecule has 0 saturated heterocycles. The lowest BCUT2D eigenvalue weighted by Crippen LogP contribution is -2.21. The normalized spacial score (nSPS) is 15.9. The van der Waals surface area contributed by atoms with Crippen LogP contribution in [-0.4, -0.2) is 0 Å². The van der Waals surface area contributed by atoms with E-state index in [1.807, 2.05) is 6.08 Å². The molecule has 0 heterocycles. The highest BCUT2D eigenvalue weighted by Gasteiger charge is 2.24. The smallest absolute Gasteiger partial charge is 0.00875 e. The third-order valence-electron chi connectivity index (χ3n) is 3.32. The minimum atomic E-state index is 0.256. The van der Waals surface area contributed by atoms with Gasteiger partial charge in [0.2, 0.25) is 0 Å². The summed E-state index contributed by atoms with van der Waals surface area (Å²) >= 11 is 0. The molecule has 0 rings (SSSR count). The summed E-state index contributed by atoms with van der Waals surface area (Å²) in [6.07, 6.45) is 9.59. The van der Waals surface area contributed by atoms with Crippen LogP contribution in [-0.2, 0) is 0 Å². The highest BCUT2D eigenvalue weighted by atomic mass is 14.3. The molecule has 14 heavy (non-hydrogen) atoms. The van der Waals surface area contributed by atoms with Gasteiger partial charge in [-0.05, 0) is 31.6 Å². The fourth-order valence-corrected chi connectivity index (χ4v) is 1.35. The number of hydrogen-bond acceptors (Lipinski definition) is 0. The first-order valence-corrected chi connectivity index (χ1v) is 5.37. The van der Waals surface area contributed by atoms with E-state index in [-0.39, 0.29) is 5.41 Å². The van der Waals surface area contributed by atoms with Crippen LogP contribution in [0.1, 0.15) is 41.0 Å². The van der Waals surface area contributed by atoms with Crippen molar-refractivity contribution in [1.82, 2.24) is 0 Å². The zero-order chi connectivity index (χ0) is 11.2. The van der Waals surface area contributed by atoms with Crippen molar-refractivity contribution in [2.75, 3.05) is 0 Å². The summed E-state index contributed by atoms with van der Waals surface area (Å²) in [6, 6.07) is 0. The van der Waals surface area contributed by atoms with Crippen molar-refractivity contribution < 1.29 is 0 Å². The van der Waals surface area contributed by atoms with Gasteiger partial charge in [-0.25, -0.2) is 0 Å². The molecule has 80 valence electrons. The summed E-state index contributed by atoms with van der Waals surface area (Å²) in [5, 5.41) is 0. The largest absolute Gasteiger partial charge is 0.103 e. The Morgan fingerprint density at radius 3 is 2.43 bits per heavy atom. The zero-order valence-corrected chi connectivity index (χ0v) is 10.3. The van der Waals surface area contributed by atoms with E-state index in [0.717, 1.165) is 6.42 Å². The second-order valence-electron chi connectivity index (χ2n) is 4.43. The third-order valence-corrected chi connectivity index (χ3v) is 3.32. The predicted molar refractivity (Wildman–Crippen MR) is 66.3 cm³/mol. The molecule has 0 saturated carbocycles. The van der Waals surface area contributed by atoms with E-state index in [4.69, 9.17) is 0 Å². The highest BCUT2D eigenvalue weighted by molar-refractivity contribution is 5.13. The van der Waals surface area contributed by atoms with Gasteiger partial charge in [-0.3, -0.25) is 0 Å². The molecule has 0 amide bonds. The predicted octanol–water partition coefficient (Wildman–Crippen LogP) is 4.75. The van der Waals surface area contributed by atoms with E-state index in [0.29, 0.717) is 5.92 Å². The van der Waals surface area contributed by atoms with Crippen molar-refractivity contribution in [2.24, 2.45) is 11.3 Å². The molecule has 0 aliphatic carbocycles. The van der Waals surface area contributed by atoms with Crippen LogP contribution in [0.2, 0.25) is 0 Å². The molecule has 0 aliphatic heterocycles. The van der Waals surface area contributed by atoms with Crippen LogP contribution < -0.4 is 0 Å². The Hall–Kier alpha value is -0.780. The van der Waals surface area contributed by atoms with Gasteiger partial charge in [0.25, 0.3) is 0 Å². The molecule has 0 aromatic carbocycles. The van der Waals surface area contributed by atoms with Crippen molar-refractivity contribution in [2.45, 2.75) is 41.0 Å². The van der Waals surface area contributed by atoms with Crippen LogP contribution >= 0.6 is 0 Å². The molecule has 0 heteroatoms. The van der Waals surface area contributed by atoms with Crippen LogP contribution in [0.5, 0.6) is 0 Å². The zero-order valence-electron chi connectivity index (χ0n) is 10.3. The van der Waals surface area contributed by atoms with E-state index in [9.17, 15) is 0 Å². The Labute approximate surface area is 89.4 Å². The van der Waals surface area contributed by atoms with Crippen LogP contribution in [0.4, 0.5) is 0 Å². The first-order valence-electron chi connectivity index (χ1n) is 5.37. The van der Waals surface area contributed by atoms with E-state index < -0.39 is 0 Å². The summed E-state index contributed by atoms with van der Waals surface area (Å²) in [4.78, 5) is 0. The van der Waals surface area contributed by atoms with Crippen LogP contribution in [0.3, 0.4) is 0 Å². The van der Waals surface area contributed by atoms with Crippen molar-refractivity contribution in [1.29, 1.82) is 0 Å². The van der Waals surface area contributed by atoms with Gasteiger partial charge in [0, 0.05) is 0 Å². The lowest BCUT2D eigenvalue weighted by molar-refractivity contribution is 0.341. The molecule has 0 nitrogen and oxygen atoms in total. The SMILES string of the molecule is C=CCC=CC(C)C(C)(C)C(C)=CC. The fraction of sp³-hybridized carbons (Fsp3) is 0.571. The standard InChI is InChI=1S/C14H24/c1-7-9-10-11-13(4)14(5,6)12(3)8-2/h7-8,10-11,13H,1,9H2,2-6H3. The Morgan fingerprint density at radius 1 is 1.43 bits per heavy atom. The molecule has 0 aliphatic rings. The third kappa shape index (κ3) is 3.53. The summed E-state index contributed by atoms with van der Waals surface area (Å²) in [5.74, 6) is 0.568. The number of hydrogen-bond donors (Lipinski definition) is 0. The van der Waals surface area contributed by atoms with Crippen molar-refractivity contribution in [3.8, 4) is 0 Å². The molecule has 0 fully saturated rings. The van der Waals surface area contributed by atoms with Gasteiger partial charge >= 0.3 is 0 Å². The summed E-state index contributed by atoms with van der Waals surface area (Å²) in [5.41, 5.74) is 1.71. The average Bonchev–Trinajstić information content (AvgIpc) is 2.16. The Balaban J connectivity index is 4.50. The van der Waals surface area contributed by atoms with Gasteiger partial charge in [0.1, 0.15) is 0 Å². The molecular formula is C14H24. The molecule has 0 aromatic rings. The Morgan fingerprint density at radius 2 is 2.00 bits per heavy atom. The van der Waals surface area contributed by atoms with Crippen LogP contribution in [0.15, 0.2) is 36.5 Å². The average molecular weight is 192 g/mol. The lowest BCUT2D eigenvalue weighted by Gasteiger charge is -2.31. The van der Waals surface area contributed by atoms with Crippen molar-refractivity contribution >= 4 is 0 Å². The minimum Gasteiger partial charge on any atom is -0.103 e. The second kappa shape index (κ2) is 5.85. The summed E-state index contributed by atoms with van der Waals surface area (Å²) in [6.45, 7) is 14.9. The Kier molecular flexibility index (Phi) is 5.52. The first-order chi connectivity index (χ1) is 6.46. The van der Waals surface area contributed by atoms with E-state index in [2.05, 4.69) is 59.4 Å². The quantitative estimate of drug-likeness (QED) is 0.551. The molecule has 0 radical (unpaired) electrons. The van der Waals surface area contributed by atoms with Gasteiger partial charge < -0.3 is 0 Å². The molecular weight excluding hydrogens is 168 g/mol. The molecule has 0 N–H and O–H groups in total. The highest BCUT2D eigenvalue weighted by Crippen LogP contribution is 2.35. The topological polar surface area (TPSA) is 0 Å². The van der Waals surface area contributed by atoms with Crippen LogP contribution in [0.25, 0.3) is 0 Å². The first kappa shape index (κ1) is 13.2. The molecule has 1 unspecified atom stereocenters. The van der Waals surface area contributed by atoms with Crippen molar-refractivity contribution in [3.05, 3.63) is 36.5 Å². The van der Waals surface area contributed by atoms with E-state index in [1.165, 1.54) is 5.57 Å². The maximum atomic E-state index is 3.71. The maximum Gasteiger partial charge on any atom is -0.00875 e. The summed E-state index contributed by atoms with van der Waals surface area (Å²) < 4.78 is 0. The van der Waals surface area contributed by atoms with Crippen LogP contribution in [0, 0.1) is 11.3 Å². The fourth-order valence-electron chi connectivity index (χ4n) is 1.35. The number of allylic oxidation sites excluding steroid dienone is 5. The van der Waals surface area contributed by atoms with Gasteiger partial charge in [-0.15, -0.1) is 6.58 Å². The molecule has 1 atom stereocenters. The monoisotopic (exact) mass is 192 g/mol. The minimum absolute atomic E-state index is 0.256. The second-order valence-corrected chi connectivity index (χ2v) is 4.43. The van der Waals surface area contributed by atoms with Gasteiger partial charge in [-0.1, -0.05) is 50.6 Å². The van der Waals surface area contributed by atoms with E-state index in [1.54, 1.807) is 0 Å². The Bertz CT molecular complexity index is 228. The van der Waals surface area contributed by atoms with E-state index >= 15 is 0 Å². The maximum absolute atomic E-state index is 3.71. The number of rotatable bonds is 5. The summed E-state index contributed by atoms with van der Waals surface area (Å²) in [7, 11) is 0.